The van der Waals surface area contributed by atoms with Crippen LogP contribution in [0.3, 0.4) is 0 Å². The van der Waals surface area contributed by atoms with Gasteiger partial charge in [0.1, 0.15) is 12.3 Å². The number of hydrazine groups is 1. The van der Waals surface area contributed by atoms with Crippen molar-refractivity contribution in [3.8, 4) is 5.75 Å². The highest BCUT2D eigenvalue weighted by Crippen LogP contribution is 2.33. The van der Waals surface area contributed by atoms with Crippen LogP contribution in [0.2, 0.25) is 0 Å². The van der Waals surface area contributed by atoms with E-state index in [4.69, 9.17) is 10.6 Å². The third kappa shape index (κ3) is 2.07. The zero-order chi connectivity index (χ0) is 12.4. The van der Waals surface area contributed by atoms with Crippen molar-refractivity contribution in [2.24, 2.45) is 5.84 Å². The van der Waals surface area contributed by atoms with Crippen molar-refractivity contribution in [3.05, 3.63) is 24.3 Å². The van der Waals surface area contributed by atoms with Crippen molar-refractivity contribution >= 4 is 17.5 Å². The summed E-state index contributed by atoms with van der Waals surface area (Å²) in [6.07, 6.45) is -0.601. The van der Waals surface area contributed by atoms with Gasteiger partial charge in [-0.3, -0.25) is 19.9 Å². The lowest BCUT2D eigenvalue weighted by atomic mass is 10.2. The highest BCUT2D eigenvalue weighted by atomic mass is 16.5. The monoisotopic (exact) mass is 235 g/mol. The number of benzene rings is 1. The van der Waals surface area contributed by atoms with E-state index < -0.39 is 12.0 Å². The minimum Gasteiger partial charge on any atom is -0.479 e. The zero-order valence-electron chi connectivity index (χ0n) is 9.34. The van der Waals surface area contributed by atoms with Gasteiger partial charge in [0.25, 0.3) is 11.8 Å². The van der Waals surface area contributed by atoms with E-state index >= 15 is 0 Å². The first-order valence-electron chi connectivity index (χ1n) is 5.20. The van der Waals surface area contributed by atoms with Crippen LogP contribution < -0.4 is 20.9 Å². The molecule has 1 aliphatic rings. The number of nitrogens with zero attached hydrogens (tertiary/aromatic N) is 1. The number of carbonyl (C=O) groups excluding carboxylic acids is 2. The molecule has 1 heterocycles. The van der Waals surface area contributed by atoms with Gasteiger partial charge in [-0.05, 0) is 19.1 Å². The molecule has 0 aliphatic carbocycles. The first-order valence-corrected chi connectivity index (χ1v) is 5.20. The molecule has 90 valence electrons. The summed E-state index contributed by atoms with van der Waals surface area (Å²) < 4.78 is 5.44. The molecular weight excluding hydrogens is 222 g/mol. The lowest BCUT2D eigenvalue weighted by Crippen LogP contribution is -2.49. The molecule has 6 heteroatoms. The van der Waals surface area contributed by atoms with Gasteiger partial charge in [0.05, 0.1) is 5.69 Å². The Morgan fingerprint density at radius 2 is 2.24 bits per heavy atom. The Balaban J connectivity index is 2.35. The lowest BCUT2D eigenvalue weighted by molar-refractivity contribution is -0.128. The molecule has 1 aliphatic heterocycles. The van der Waals surface area contributed by atoms with E-state index in [1.165, 1.54) is 4.90 Å². The number of para-hydroxylation sites is 2. The number of carbonyl (C=O) groups is 2. The second-order valence-electron chi connectivity index (χ2n) is 3.72. The summed E-state index contributed by atoms with van der Waals surface area (Å²) >= 11 is 0. The number of ether oxygens (including phenoxy) is 1. The molecule has 0 fully saturated rings. The van der Waals surface area contributed by atoms with Gasteiger partial charge >= 0.3 is 0 Å². The number of hydrogen-bond donors (Lipinski definition) is 2. The molecule has 0 bridgehead atoms. The summed E-state index contributed by atoms with van der Waals surface area (Å²) in [6, 6.07) is 7.07. The highest BCUT2D eigenvalue weighted by molar-refractivity contribution is 6.03. The average molecular weight is 235 g/mol. The second kappa shape index (κ2) is 4.42. The molecule has 0 radical (unpaired) electrons. The predicted octanol–water partition coefficient (Wildman–Crippen LogP) is -0.210. The standard InChI is InChI=1S/C11H13N3O3/c1-7-11(16)14(6-10(15)13-12)8-4-2-3-5-9(8)17-7/h2-5,7H,6,12H2,1H3,(H,13,15)/t7-/m1/s1. The average Bonchev–Trinajstić information content (AvgIpc) is 2.34. The summed E-state index contributed by atoms with van der Waals surface area (Å²) in [5, 5.41) is 0. The number of rotatable bonds is 2. The van der Waals surface area contributed by atoms with Crippen molar-refractivity contribution in [1.29, 1.82) is 0 Å². The van der Waals surface area contributed by atoms with Crippen LogP contribution in [0.15, 0.2) is 24.3 Å². The fourth-order valence-electron chi connectivity index (χ4n) is 1.71. The summed E-state index contributed by atoms with van der Waals surface area (Å²) in [5.41, 5.74) is 2.59. The van der Waals surface area contributed by atoms with Crippen LogP contribution >= 0.6 is 0 Å². The Kier molecular flexibility index (Phi) is 2.97. The van der Waals surface area contributed by atoms with E-state index in [9.17, 15) is 9.59 Å². The molecule has 0 saturated heterocycles. The Bertz CT molecular complexity index is 461. The molecular formula is C11H13N3O3. The third-order valence-corrected chi connectivity index (χ3v) is 2.54. The molecule has 0 spiro atoms. The molecule has 17 heavy (non-hydrogen) atoms. The first kappa shape index (κ1) is 11.4. The van der Waals surface area contributed by atoms with Crippen LogP contribution in [-0.4, -0.2) is 24.5 Å². The molecule has 0 saturated carbocycles. The van der Waals surface area contributed by atoms with Gasteiger partial charge in [0, 0.05) is 0 Å². The minimum atomic E-state index is -0.601. The third-order valence-electron chi connectivity index (χ3n) is 2.54. The van der Waals surface area contributed by atoms with Gasteiger partial charge in [-0.25, -0.2) is 5.84 Å². The van der Waals surface area contributed by atoms with E-state index in [1.54, 1.807) is 25.1 Å². The number of hydrogen-bond acceptors (Lipinski definition) is 4. The maximum Gasteiger partial charge on any atom is 0.268 e. The predicted molar refractivity (Wildman–Crippen MR) is 61.2 cm³/mol. The first-order chi connectivity index (χ1) is 8.13. The smallest absolute Gasteiger partial charge is 0.268 e. The van der Waals surface area contributed by atoms with Crippen LogP contribution in [0.25, 0.3) is 0 Å². The number of nitrogens with one attached hydrogen (secondary N) is 1. The number of fused-ring (bicyclic) bond motifs is 1. The van der Waals surface area contributed by atoms with E-state index in [2.05, 4.69) is 0 Å². The quantitative estimate of drug-likeness (QED) is 0.422. The van der Waals surface area contributed by atoms with E-state index in [0.29, 0.717) is 11.4 Å². The van der Waals surface area contributed by atoms with Crippen molar-refractivity contribution in [3.63, 3.8) is 0 Å². The molecule has 1 aromatic rings. The van der Waals surface area contributed by atoms with Crippen molar-refractivity contribution < 1.29 is 14.3 Å². The number of amides is 2. The fraction of sp³-hybridized carbons (Fsp3) is 0.273. The van der Waals surface area contributed by atoms with Crippen LogP contribution in [0.1, 0.15) is 6.92 Å². The highest BCUT2D eigenvalue weighted by Gasteiger charge is 2.32. The van der Waals surface area contributed by atoms with Crippen molar-refractivity contribution in [2.75, 3.05) is 11.4 Å². The summed E-state index contributed by atoms with van der Waals surface area (Å²) in [5.74, 6) is 4.92. The van der Waals surface area contributed by atoms with Gasteiger partial charge in [0.2, 0.25) is 0 Å². The molecule has 1 aromatic carbocycles. The summed E-state index contributed by atoms with van der Waals surface area (Å²) in [7, 11) is 0. The maximum absolute atomic E-state index is 11.9. The Labute approximate surface area is 98.3 Å². The number of nitrogens with two attached hydrogens (primary N) is 1. The molecule has 3 N–H and O–H groups in total. The summed E-state index contributed by atoms with van der Waals surface area (Å²) in [4.78, 5) is 24.6. The minimum absolute atomic E-state index is 0.111. The van der Waals surface area contributed by atoms with Crippen LogP contribution in [0, 0.1) is 0 Å². The molecule has 1 atom stereocenters. The zero-order valence-corrected chi connectivity index (χ0v) is 9.34. The Morgan fingerprint density at radius 3 is 2.94 bits per heavy atom. The SMILES string of the molecule is C[C@H]1Oc2ccccc2N(CC(=O)NN)C1=O. The lowest BCUT2D eigenvalue weighted by Gasteiger charge is -2.32. The molecule has 0 unspecified atom stereocenters. The van der Waals surface area contributed by atoms with Gasteiger partial charge in [-0.1, -0.05) is 12.1 Å². The Hall–Kier alpha value is -2.08. The molecule has 2 rings (SSSR count). The van der Waals surface area contributed by atoms with Gasteiger partial charge in [-0.2, -0.15) is 0 Å². The Morgan fingerprint density at radius 1 is 1.53 bits per heavy atom. The molecule has 2 amide bonds. The van der Waals surface area contributed by atoms with E-state index in [1.807, 2.05) is 11.5 Å². The maximum atomic E-state index is 11.9. The summed E-state index contributed by atoms with van der Waals surface area (Å²) in [6.45, 7) is 1.53. The van der Waals surface area contributed by atoms with Crippen LogP contribution in [0.5, 0.6) is 5.75 Å². The largest absolute Gasteiger partial charge is 0.479 e. The number of anilines is 1. The van der Waals surface area contributed by atoms with Crippen LogP contribution in [0.4, 0.5) is 5.69 Å². The second-order valence-corrected chi connectivity index (χ2v) is 3.72. The molecule has 6 nitrogen and oxygen atoms in total. The van der Waals surface area contributed by atoms with Crippen LogP contribution in [-0.2, 0) is 9.59 Å². The van der Waals surface area contributed by atoms with Crippen molar-refractivity contribution in [2.45, 2.75) is 13.0 Å². The fourth-order valence-corrected chi connectivity index (χ4v) is 1.71. The normalized spacial score (nSPS) is 18.4. The van der Waals surface area contributed by atoms with Gasteiger partial charge in [-0.15, -0.1) is 0 Å². The van der Waals surface area contributed by atoms with E-state index in [0.717, 1.165) is 0 Å². The van der Waals surface area contributed by atoms with E-state index in [-0.39, 0.29) is 12.5 Å². The topological polar surface area (TPSA) is 84.7 Å². The van der Waals surface area contributed by atoms with Gasteiger partial charge in [0.15, 0.2) is 6.10 Å². The molecule has 0 aromatic heterocycles. The van der Waals surface area contributed by atoms with Gasteiger partial charge < -0.3 is 4.74 Å². The van der Waals surface area contributed by atoms with Crippen molar-refractivity contribution in [1.82, 2.24) is 5.43 Å².